The number of hydrogen-bond donors (Lipinski definition) is 1. The van der Waals surface area contributed by atoms with Gasteiger partial charge < -0.3 is 15.0 Å². The number of pyridine rings is 1. The summed E-state index contributed by atoms with van der Waals surface area (Å²) < 4.78 is 5.33. The van der Waals surface area contributed by atoms with E-state index in [9.17, 15) is 0 Å². The van der Waals surface area contributed by atoms with E-state index in [1.807, 2.05) is 18.3 Å². The van der Waals surface area contributed by atoms with Crippen LogP contribution in [0.15, 0.2) is 30.5 Å². The first-order valence-electron chi connectivity index (χ1n) is 6.73. The van der Waals surface area contributed by atoms with Crippen molar-refractivity contribution < 1.29 is 4.74 Å². The highest BCUT2D eigenvalue weighted by molar-refractivity contribution is 5.93. The Morgan fingerprint density at radius 1 is 1.37 bits per heavy atom. The molecule has 0 unspecified atom stereocenters. The third-order valence-corrected chi connectivity index (χ3v) is 3.77. The zero-order valence-corrected chi connectivity index (χ0v) is 11.4. The van der Waals surface area contributed by atoms with Gasteiger partial charge in [0.15, 0.2) is 0 Å². The molecule has 1 aromatic carbocycles. The third-order valence-electron chi connectivity index (χ3n) is 3.77. The molecule has 1 aliphatic rings. The first-order chi connectivity index (χ1) is 9.33. The van der Waals surface area contributed by atoms with E-state index in [1.54, 1.807) is 7.11 Å². The predicted octanol–water partition coefficient (Wildman–Crippen LogP) is 2.04. The molecule has 4 heteroatoms. The van der Waals surface area contributed by atoms with Crippen LogP contribution < -0.4 is 15.0 Å². The highest BCUT2D eigenvalue weighted by atomic mass is 16.5. The molecule has 3 rings (SSSR count). The van der Waals surface area contributed by atoms with Crippen molar-refractivity contribution in [2.75, 3.05) is 31.6 Å². The predicted molar refractivity (Wildman–Crippen MR) is 78.0 cm³/mol. The van der Waals surface area contributed by atoms with E-state index in [-0.39, 0.29) is 0 Å². The Kier molecular flexibility index (Phi) is 3.25. The van der Waals surface area contributed by atoms with Crippen molar-refractivity contribution in [1.29, 1.82) is 0 Å². The van der Waals surface area contributed by atoms with E-state index >= 15 is 0 Å². The van der Waals surface area contributed by atoms with Gasteiger partial charge >= 0.3 is 0 Å². The second-order valence-corrected chi connectivity index (χ2v) is 4.82. The number of methoxy groups -OCH3 is 1. The lowest BCUT2D eigenvalue weighted by Crippen LogP contribution is -2.57. The van der Waals surface area contributed by atoms with Gasteiger partial charge in [-0.3, -0.25) is 0 Å². The van der Waals surface area contributed by atoms with Gasteiger partial charge in [-0.15, -0.1) is 0 Å². The van der Waals surface area contributed by atoms with Gasteiger partial charge in [0.25, 0.3) is 0 Å². The molecular weight excluding hydrogens is 238 g/mol. The minimum absolute atomic E-state index is 0.550. The Hall–Kier alpha value is -1.81. The van der Waals surface area contributed by atoms with Crippen molar-refractivity contribution in [3.8, 4) is 5.75 Å². The molecule has 0 bridgehead atoms. The van der Waals surface area contributed by atoms with Gasteiger partial charge in [0.1, 0.15) is 11.6 Å². The van der Waals surface area contributed by atoms with E-state index in [0.717, 1.165) is 36.6 Å². The Bertz CT molecular complexity index is 581. The number of benzene rings is 1. The minimum atomic E-state index is 0.550. The summed E-state index contributed by atoms with van der Waals surface area (Å²) in [5.41, 5.74) is 0. The molecule has 0 spiro atoms. The molecule has 1 fully saturated rings. The number of fused-ring (bicyclic) bond motifs is 1. The lowest BCUT2D eigenvalue weighted by molar-refractivity contribution is 0.414. The van der Waals surface area contributed by atoms with E-state index in [2.05, 4.69) is 34.3 Å². The number of aromatic nitrogens is 1. The molecular formula is C15H19N3O. The van der Waals surface area contributed by atoms with Crippen LogP contribution in [0.5, 0.6) is 5.75 Å². The SMILES string of the molecule is CCN(c1nccc2ccc(OC)cc12)C1CNC1. The van der Waals surface area contributed by atoms with Gasteiger partial charge in [-0.25, -0.2) is 4.98 Å². The molecule has 0 saturated carbocycles. The first-order valence-corrected chi connectivity index (χ1v) is 6.73. The third kappa shape index (κ3) is 2.12. The van der Waals surface area contributed by atoms with E-state index in [0.29, 0.717) is 6.04 Å². The maximum atomic E-state index is 5.33. The Morgan fingerprint density at radius 2 is 2.21 bits per heavy atom. The largest absolute Gasteiger partial charge is 0.497 e. The van der Waals surface area contributed by atoms with Crippen LogP contribution in [0, 0.1) is 0 Å². The second-order valence-electron chi connectivity index (χ2n) is 4.82. The van der Waals surface area contributed by atoms with Crippen LogP contribution in [0.2, 0.25) is 0 Å². The van der Waals surface area contributed by atoms with Crippen molar-refractivity contribution >= 4 is 16.6 Å². The maximum absolute atomic E-state index is 5.33. The van der Waals surface area contributed by atoms with Crippen LogP contribution in [0.3, 0.4) is 0 Å². The normalized spacial score (nSPS) is 15.3. The summed E-state index contributed by atoms with van der Waals surface area (Å²) in [6.45, 7) is 5.22. The van der Waals surface area contributed by atoms with Crippen LogP contribution in [-0.2, 0) is 0 Å². The zero-order valence-electron chi connectivity index (χ0n) is 11.4. The molecule has 0 radical (unpaired) electrons. The Balaban J connectivity index is 2.10. The number of anilines is 1. The fourth-order valence-electron chi connectivity index (χ4n) is 2.56. The fraction of sp³-hybridized carbons (Fsp3) is 0.400. The van der Waals surface area contributed by atoms with Crippen LogP contribution in [-0.4, -0.2) is 37.8 Å². The molecule has 19 heavy (non-hydrogen) atoms. The fourth-order valence-corrected chi connectivity index (χ4v) is 2.56. The first kappa shape index (κ1) is 12.2. The molecule has 0 atom stereocenters. The van der Waals surface area contributed by atoms with Crippen LogP contribution in [0.1, 0.15) is 6.92 Å². The van der Waals surface area contributed by atoms with Crippen molar-refractivity contribution in [2.45, 2.75) is 13.0 Å². The second kappa shape index (κ2) is 5.05. The van der Waals surface area contributed by atoms with Gasteiger partial charge in [-0.2, -0.15) is 0 Å². The van der Waals surface area contributed by atoms with Crippen molar-refractivity contribution in [3.05, 3.63) is 30.5 Å². The lowest BCUT2D eigenvalue weighted by atomic mass is 10.1. The van der Waals surface area contributed by atoms with Crippen LogP contribution >= 0.6 is 0 Å². The minimum Gasteiger partial charge on any atom is -0.497 e. The van der Waals surface area contributed by atoms with Gasteiger partial charge in [-0.05, 0) is 30.5 Å². The van der Waals surface area contributed by atoms with Crippen molar-refractivity contribution in [3.63, 3.8) is 0 Å². The average molecular weight is 257 g/mol. The number of rotatable bonds is 4. The van der Waals surface area contributed by atoms with E-state index in [4.69, 9.17) is 4.74 Å². The monoisotopic (exact) mass is 257 g/mol. The molecule has 2 heterocycles. The molecule has 1 N–H and O–H groups in total. The van der Waals surface area contributed by atoms with E-state index in [1.165, 1.54) is 5.39 Å². The summed E-state index contributed by atoms with van der Waals surface area (Å²) in [6.07, 6.45) is 1.89. The van der Waals surface area contributed by atoms with Gasteiger partial charge in [0.2, 0.25) is 0 Å². The zero-order chi connectivity index (χ0) is 13.2. The molecule has 1 saturated heterocycles. The lowest BCUT2D eigenvalue weighted by Gasteiger charge is -2.38. The standard InChI is InChI=1S/C15H19N3O/c1-3-18(12-9-16-10-12)15-14-8-13(19-2)5-4-11(14)6-7-17-15/h4-8,12,16H,3,9-10H2,1-2H3. The quantitative estimate of drug-likeness (QED) is 0.909. The van der Waals surface area contributed by atoms with Crippen LogP contribution in [0.25, 0.3) is 10.8 Å². The molecule has 1 aromatic heterocycles. The molecule has 0 amide bonds. The maximum Gasteiger partial charge on any atom is 0.136 e. The molecule has 0 aliphatic carbocycles. The highest BCUT2D eigenvalue weighted by Crippen LogP contribution is 2.29. The number of nitrogens with zero attached hydrogens (tertiary/aromatic N) is 2. The topological polar surface area (TPSA) is 37.4 Å². The number of hydrogen-bond acceptors (Lipinski definition) is 4. The summed E-state index contributed by atoms with van der Waals surface area (Å²) in [4.78, 5) is 6.97. The summed E-state index contributed by atoms with van der Waals surface area (Å²) in [5.74, 6) is 1.94. The van der Waals surface area contributed by atoms with Gasteiger partial charge in [0.05, 0.1) is 13.2 Å². The van der Waals surface area contributed by atoms with Crippen molar-refractivity contribution in [2.24, 2.45) is 0 Å². The number of likely N-dealkylation sites (N-methyl/N-ethyl adjacent to an activating group) is 1. The number of nitrogens with one attached hydrogen (secondary N) is 1. The molecule has 100 valence electrons. The summed E-state index contributed by atoms with van der Waals surface area (Å²) >= 11 is 0. The van der Waals surface area contributed by atoms with Crippen LogP contribution in [0.4, 0.5) is 5.82 Å². The average Bonchev–Trinajstić information content (AvgIpc) is 2.41. The molecule has 2 aromatic rings. The molecule has 1 aliphatic heterocycles. The Morgan fingerprint density at radius 3 is 2.84 bits per heavy atom. The van der Waals surface area contributed by atoms with Crippen molar-refractivity contribution in [1.82, 2.24) is 10.3 Å². The summed E-state index contributed by atoms with van der Waals surface area (Å²) in [5, 5.41) is 5.69. The smallest absolute Gasteiger partial charge is 0.136 e. The highest BCUT2D eigenvalue weighted by Gasteiger charge is 2.25. The Labute approximate surface area is 113 Å². The molecule has 4 nitrogen and oxygen atoms in total. The van der Waals surface area contributed by atoms with Gasteiger partial charge in [-0.1, -0.05) is 6.07 Å². The van der Waals surface area contributed by atoms with Gasteiger partial charge in [0, 0.05) is 31.2 Å². The summed E-state index contributed by atoms with van der Waals surface area (Å²) in [6, 6.07) is 8.76. The summed E-state index contributed by atoms with van der Waals surface area (Å²) in [7, 11) is 1.70. The number of ether oxygens (including phenoxy) is 1. The van der Waals surface area contributed by atoms with E-state index < -0.39 is 0 Å².